The van der Waals surface area contributed by atoms with Crippen LogP contribution in [-0.4, -0.2) is 51.2 Å². The first-order valence-electron chi connectivity index (χ1n) is 8.02. The summed E-state index contributed by atoms with van der Waals surface area (Å²) in [6.45, 7) is 1.41. The number of nitrogens with one attached hydrogen (secondary N) is 1. The van der Waals surface area contributed by atoms with E-state index in [4.69, 9.17) is 0 Å². The summed E-state index contributed by atoms with van der Waals surface area (Å²) >= 11 is 0. The van der Waals surface area contributed by atoms with Crippen LogP contribution in [0.5, 0.6) is 0 Å². The summed E-state index contributed by atoms with van der Waals surface area (Å²) in [5.74, 6) is -6.27. The number of methoxy groups -OCH3 is 3. The second-order valence-electron chi connectivity index (χ2n) is 5.76. The van der Waals surface area contributed by atoms with Gasteiger partial charge in [-0.1, -0.05) is 19.1 Å². The standard InChI is InChI=1S/C18H22FNO7/c1-10(14(16(22)25-2)17(23)26-3)15(18(24)27-4)20-13(21)9-11-6-5-7-12(19)8-11/h5-8,10,14-15H,9H2,1-4H3,(H,20,21)/t10-,15-/m0/s1. The highest BCUT2D eigenvalue weighted by molar-refractivity contribution is 5.96. The second-order valence-corrected chi connectivity index (χ2v) is 5.76. The maximum atomic E-state index is 13.2. The van der Waals surface area contributed by atoms with Crippen molar-refractivity contribution >= 4 is 23.8 Å². The molecule has 1 aromatic rings. The van der Waals surface area contributed by atoms with Gasteiger partial charge in [0.05, 0.1) is 27.8 Å². The quantitative estimate of drug-likeness (QED) is 0.398. The number of benzene rings is 1. The van der Waals surface area contributed by atoms with Crippen LogP contribution in [0.3, 0.4) is 0 Å². The molecule has 148 valence electrons. The average Bonchev–Trinajstić information content (AvgIpc) is 2.65. The molecule has 0 heterocycles. The fourth-order valence-electron chi connectivity index (χ4n) is 2.56. The van der Waals surface area contributed by atoms with Gasteiger partial charge in [0, 0.05) is 5.92 Å². The third-order valence-electron chi connectivity index (χ3n) is 3.99. The molecule has 27 heavy (non-hydrogen) atoms. The van der Waals surface area contributed by atoms with Gasteiger partial charge in [-0.3, -0.25) is 14.4 Å². The molecule has 0 saturated heterocycles. The number of esters is 3. The average molecular weight is 383 g/mol. The first kappa shape index (κ1) is 22.1. The van der Waals surface area contributed by atoms with Crippen molar-refractivity contribution in [2.24, 2.45) is 11.8 Å². The van der Waals surface area contributed by atoms with Gasteiger partial charge in [-0.2, -0.15) is 0 Å². The number of ether oxygens (including phenoxy) is 3. The molecule has 1 N–H and O–H groups in total. The fourth-order valence-corrected chi connectivity index (χ4v) is 2.56. The zero-order valence-electron chi connectivity index (χ0n) is 15.5. The van der Waals surface area contributed by atoms with E-state index in [1.165, 1.54) is 25.1 Å². The first-order valence-corrected chi connectivity index (χ1v) is 8.02. The molecule has 0 saturated carbocycles. The van der Waals surface area contributed by atoms with E-state index in [1.54, 1.807) is 6.07 Å². The molecule has 0 aliphatic rings. The molecule has 0 fully saturated rings. The van der Waals surface area contributed by atoms with E-state index in [1.807, 2.05) is 0 Å². The Kier molecular flexibility index (Phi) is 8.37. The lowest BCUT2D eigenvalue weighted by Crippen LogP contribution is -2.51. The van der Waals surface area contributed by atoms with Crippen molar-refractivity contribution in [2.75, 3.05) is 21.3 Å². The molecule has 9 heteroatoms. The molecule has 0 aliphatic carbocycles. The Morgan fingerprint density at radius 3 is 2.04 bits per heavy atom. The summed E-state index contributed by atoms with van der Waals surface area (Å²) in [6.07, 6.45) is -0.209. The number of carbonyl (C=O) groups is 4. The highest BCUT2D eigenvalue weighted by Crippen LogP contribution is 2.20. The second kappa shape index (κ2) is 10.2. The van der Waals surface area contributed by atoms with E-state index >= 15 is 0 Å². The van der Waals surface area contributed by atoms with Crippen LogP contribution in [0, 0.1) is 17.7 Å². The smallest absolute Gasteiger partial charge is 0.328 e. The molecule has 8 nitrogen and oxygen atoms in total. The lowest BCUT2D eigenvalue weighted by atomic mass is 9.87. The van der Waals surface area contributed by atoms with Crippen molar-refractivity contribution in [1.82, 2.24) is 5.32 Å². The van der Waals surface area contributed by atoms with Gasteiger partial charge >= 0.3 is 17.9 Å². The van der Waals surface area contributed by atoms with Crippen LogP contribution in [0.1, 0.15) is 12.5 Å². The van der Waals surface area contributed by atoms with Gasteiger partial charge in [-0.25, -0.2) is 9.18 Å². The van der Waals surface area contributed by atoms with Crippen LogP contribution >= 0.6 is 0 Å². The number of rotatable bonds is 8. The van der Waals surface area contributed by atoms with Crippen LogP contribution in [-0.2, 0) is 39.8 Å². The minimum Gasteiger partial charge on any atom is -0.468 e. The van der Waals surface area contributed by atoms with Crippen LogP contribution in [0.15, 0.2) is 24.3 Å². The van der Waals surface area contributed by atoms with Crippen LogP contribution in [0.4, 0.5) is 4.39 Å². The summed E-state index contributed by atoms with van der Waals surface area (Å²) < 4.78 is 27.1. The van der Waals surface area contributed by atoms with E-state index in [-0.39, 0.29) is 6.42 Å². The Morgan fingerprint density at radius 2 is 1.56 bits per heavy atom. The third-order valence-corrected chi connectivity index (χ3v) is 3.99. The zero-order valence-corrected chi connectivity index (χ0v) is 15.5. The molecule has 1 aromatic carbocycles. The maximum absolute atomic E-state index is 13.2. The third kappa shape index (κ3) is 6.05. The van der Waals surface area contributed by atoms with Gasteiger partial charge in [-0.15, -0.1) is 0 Å². The Morgan fingerprint density at radius 1 is 1.00 bits per heavy atom. The van der Waals surface area contributed by atoms with E-state index in [9.17, 15) is 23.6 Å². The van der Waals surface area contributed by atoms with Crippen LogP contribution < -0.4 is 5.32 Å². The van der Waals surface area contributed by atoms with E-state index in [2.05, 4.69) is 19.5 Å². The molecule has 0 aromatic heterocycles. The van der Waals surface area contributed by atoms with Gasteiger partial charge in [-0.05, 0) is 17.7 Å². The lowest BCUT2D eigenvalue weighted by molar-refractivity contribution is -0.163. The van der Waals surface area contributed by atoms with Crippen molar-refractivity contribution in [3.05, 3.63) is 35.6 Å². The Balaban J connectivity index is 3.02. The predicted octanol–water partition coefficient (Wildman–Crippen LogP) is 0.624. The SMILES string of the molecule is COC(=O)C(C(=O)OC)[C@H](C)[C@H](NC(=O)Cc1cccc(F)c1)C(=O)OC. The number of carbonyl (C=O) groups excluding carboxylic acids is 4. The molecule has 0 unspecified atom stereocenters. The van der Waals surface area contributed by atoms with E-state index < -0.39 is 47.5 Å². The fraction of sp³-hybridized carbons (Fsp3) is 0.444. The van der Waals surface area contributed by atoms with Crippen molar-refractivity contribution in [3.8, 4) is 0 Å². The van der Waals surface area contributed by atoms with Crippen molar-refractivity contribution in [1.29, 1.82) is 0 Å². The summed E-state index contributed by atoms with van der Waals surface area (Å²) in [4.78, 5) is 48.3. The van der Waals surface area contributed by atoms with Crippen molar-refractivity contribution in [3.63, 3.8) is 0 Å². The largest absolute Gasteiger partial charge is 0.468 e. The maximum Gasteiger partial charge on any atom is 0.328 e. The zero-order chi connectivity index (χ0) is 20.6. The topological polar surface area (TPSA) is 108 Å². The summed E-state index contributed by atoms with van der Waals surface area (Å²) in [5.41, 5.74) is 0.390. The van der Waals surface area contributed by atoms with Gasteiger partial charge in [0.2, 0.25) is 5.91 Å². The monoisotopic (exact) mass is 383 g/mol. The Bertz CT molecular complexity index is 691. The first-order chi connectivity index (χ1) is 12.7. The number of amides is 1. The molecule has 2 atom stereocenters. The van der Waals surface area contributed by atoms with Crippen molar-refractivity contribution in [2.45, 2.75) is 19.4 Å². The highest BCUT2D eigenvalue weighted by Gasteiger charge is 2.42. The minimum atomic E-state index is -1.45. The molecule has 0 aliphatic heterocycles. The van der Waals surface area contributed by atoms with E-state index in [0.717, 1.165) is 21.3 Å². The summed E-state index contributed by atoms with van der Waals surface area (Å²) in [6, 6.07) is 4.09. The predicted molar refractivity (Wildman–Crippen MR) is 90.7 cm³/mol. The molecule has 1 amide bonds. The lowest BCUT2D eigenvalue weighted by Gasteiger charge is -2.27. The summed E-state index contributed by atoms with van der Waals surface area (Å²) in [7, 11) is 3.27. The van der Waals surface area contributed by atoms with Crippen LogP contribution in [0.25, 0.3) is 0 Å². The van der Waals surface area contributed by atoms with Gasteiger partial charge in [0.15, 0.2) is 5.92 Å². The number of hydrogen-bond acceptors (Lipinski definition) is 7. The normalized spacial score (nSPS) is 12.7. The Labute approximate surface area is 156 Å². The van der Waals surface area contributed by atoms with Gasteiger partial charge in [0.25, 0.3) is 0 Å². The Hall–Kier alpha value is -2.97. The van der Waals surface area contributed by atoms with Crippen LogP contribution in [0.2, 0.25) is 0 Å². The molecular weight excluding hydrogens is 361 g/mol. The molecule has 0 radical (unpaired) electrons. The molecule has 0 bridgehead atoms. The summed E-state index contributed by atoms with van der Waals surface area (Å²) in [5, 5.41) is 2.42. The van der Waals surface area contributed by atoms with Gasteiger partial charge < -0.3 is 19.5 Å². The molecule has 1 rings (SSSR count). The van der Waals surface area contributed by atoms with Gasteiger partial charge in [0.1, 0.15) is 11.9 Å². The number of hydrogen-bond donors (Lipinski definition) is 1. The number of halogens is 1. The molecular formula is C18H22FNO7. The highest BCUT2D eigenvalue weighted by atomic mass is 19.1. The van der Waals surface area contributed by atoms with E-state index in [0.29, 0.717) is 5.56 Å². The van der Waals surface area contributed by atoms with Crippen molar-refractivity contribution < 1.29 is 37.8 Å². The molecule has 0 spiro atoms. The minimum absolute atomic E-state index is 0.209.